The summed E-state index contributed by atoms with van der Waals surface area (Å²) in [6.45, 7) is 5.10. The van der Waals surface area contributed by atoms with Crippen molar-refractivity contribution < 1.29 is 9.53 Å². The minimum absolute atomic E-state index is 0.108. The summed E-state index contributed by atoms with van der Waals surface area (Å²) in [5.41, 5.74) is 6.88. The zero-order valence-electron chi connectivity index (χ0n) is 9.75. The number of nitrogens with one attached hydrogen (secondary N) is 1. The van der Waals surface area contributed by atoms with Gasteiger partial charge in [-0.15, -0.1) is 0 Å². The molecule has 4 nitrogen and oxygen atoms in total. The summed E-state index contributed by atoms with van der Waals surface area (Å²) in [5, 5.41) is 2.73. The minimum Gasteiger partial charge on any atom is -0.491 e. The zero-order chi connectivity index (χ0) is 12.0. The maximum Gasteiger partial charge on any atom is 0.251 e. The van der Waals surface area contributed by atoms with Crippen LogP contribution in [0.15, 0.2) is 18.2 Å². The van der Waals surface area contributed by atoms with Crippen LogP contribution < -0.4 is 15.8 Å². The van der Waals surface area contributed by atoms with Gasteiger partial charge in [0.1, 0.15) is 5.75 Å². The van der Waals surface area contributed by atoms with Crippen molar-refractivity contribution in [1.29, 1.82) is 0 Å². The first-order chi connectivity index (χ1) is 7.69. The van der Waals surface area contributed by atoms with E-state index in [-0.39, 0.29) is 5.91 Å². The van der Waals surface area contributed by atoms with Gasteiger partial charge in [-0.3, -0.25) is 4.79 Å². The molecule has 0 unspecified atom stereocenters. The molecule has 0 saturated carbocycles. The van der Waals surface area contributed by atoms with Gasteiger partial charge in [0.25, 0.3) is 5.91 Å². The Kier molecular flexibility index (Phi) is 4.64. The smallest absolute Gasteiger partial charge is 0.251 e. The number of anilines is 1. The van der Waals surface area contributed by atoms with E-state index in [1.165, 1.54) is 0 Å². The van der Waals surface area contributed by atoms with Crippen LogP contribution in [0.25, 0.3) is 0 Å². The van der Waals surface area contributed by atoms with Gasteiger partial charge in [-0.1, -0.05) is 6.92 Å². The van der Waals surface area contributed by atoms with Crippen LogP contribution >= 0.6 is 0 Å². The third kappa shape index (κ3) is 3.15. The monoisotopic (exact) mass is 222 g/mol. The summed E-state index contributed by atoms with van der Waals surface area (Å²) < 4.78 is 5.45. The minimum atomic E-state index is -0.108. The molecular formula is C12H18N2O2. The first kappa shape index (κ1) is 12.4. The molecule has 0 bridgehead atoms. The van der Waals surface area contributed by atoms with Crippen LogP contribution in [0.5, 0.6) is 5.75 Å². The van der Waals surface area contributed by atoms with E-state index in [0.29, 0.717) is 30.2 Å². The summed E-state index contributed by atoms with van der Waals surface area (Å²) in [4.78, 5) is 11.6. The molecule has 0 saturated heterocycles. The number of hydrogen-bond donors (Lipinski definition) is 2. The number of ether oxygens (including phenoxy) is 1. The van der Waals surface area contributed by atoms with Crippen molar-refractivity contribution in [3.63, 3.8) is 0 Å². The highest BCUT2D eigenvalue weighted by Crippen LogP contribution is 2.22. The lowest BCUT2D eigenvalue weighted by molar-refractivity contribution is 0.0955. The first-order valence-corrected chi connectivity index (χ1v) is 5.49. The predicted octanol–water partition coefficient (Wildman–Crippen LogP) is 1.81. The number of nitrogens with two attached hydrogens (primary N) is 1. The van der Waals surface area contributed by atoms with Gasteiger partial charge in [0.2, 0.25) is 0 Å². The molecule has 0 aliphatic carbocycles. The standard InChI is InChI=1S/C12H18N2O2/c1-3-7-16-11-8-9(5-6-10(11)13)12(15)14-4-2/h5-6,8H,3-4,7,13H2,1-2H3,(H,14,15). The number of hydrogen-bond acceptors (Lipinski definition) is 3. The maximum absolute atomic E-state index is 11.6. The van der Waals surface area contributed by atoms with Gasteiger partial charge in [-0.2, -0.15) is 0 Å². The van der Waals surface area contributed by atoms with Crippen LogP contribution in [0, 0.1) is 0 Å². The molecule has 4 heteroatoms. The number of carbonyl (C=O) groups excluding carboxylic acids is 1. The zero-order valence-corrected chi connectivity index (χ0v) is 9.75. The van der Waals surface area contributed by atoms with E-state index in [0.717, 1.165) is 6.42 Å². The SMILES string of the molecule is CCCOc1cc(C(=O)NCC)ccc1N. The molecule has 0 atom stereocenters. The largest absolute Gasteiger partial charge is 0.491 e. The Labute approximate surface area is 95.8 Å². The lowest BCUT2D eigenvalue weighted by Crippen LogP contribution is -2.22. The molecule has 3 N–H and O–H groups in total. The third-order valence-electron chi connectivity index (χ3n) is 2.07. The lowest BCUT2D eigenvalue weighted by atomic mass is 10.2. The molecule has 1 rings (SSSR count). The number of carbonyl (C=O) groups is 1. The highest BCUT2D eigenvalue weighted by Gasteiger charge is 2.07. The van der Waals surface area contributed by atoms with Gasteiger partial charge in [0.15, 0.2) is 0 Å². The van der Waals surface area contributed by atoms with E-state index in [1.807, 2.05) is 13.8 Å². The fourth-order valence-electron chi connectivity index (χ4n) is 1.28. The molecule has 1 amide bonds. The summed E-state index contributed by atoms with van der Waals surface area (Å²) in [7, 11) is 0. The Bertz CT molecular complexity index is 364. The molecule has 0 radical (unpaired) electrons. The van der Waals surface area contributed by atoms with Crippen molar-refractivity contribution in [3.05, 3.63) is 23.8 Å². The van der Waals surface area contributed by atoms with Gasteiger partial charge >= 0.3 is 0 Å². The van der Waals surface area contributed by atoms with Gasteiger partial charge in [0.05, 0.1) is 12.3 Å². The van der Waals surface area contributed by atoms with Gasteiger partial charge < -0.3 is 15.8 Å². The molecule has 0 aliphatic rings. The normalized spacial score (nSPS) is 9.88. The van der Waals surface area contributed by atoms with Crippen molar-refractivity contribution in [3.8, 4) is 5.75 Å². The molecule has 0 fully saturated rings. The van der Waals surface area contributed by atoms with Crippen molar-refractivity contribution in [2.24, 2.45) is 0 Å². The van der Waals surface area contributed by atoms with E-state index in [1.54, 1.807) is 18.2 Å². The fourth-order valence-corrected chi connectivity index (χ4v) is 1.28. The third-order valence-corrected chi connectivity index (χ3v) is 2.07. The van der Waals surface area contributed by atoms with E-state index >= 15 is 0 Å². The van der Waals surface area contributed by atoms with Crippen LogP contribution in [-0.2, 0) is 0 Å². The second-order valence-corrected chi connectivity index (χ2v) is 3.46. The predicted molar refractivity (Wildman–Crippen MR) is 64.6 cm³/mol. The molecule has 0 spiro atoms. The van der Waals surface area contributed by atoms with E-state index < -0.39 is 0 Å². The Morgan fingerprint density at radius 3 is 2.81 bits per heavy atom. The van der Waals surface area contributed by atoms with Gasteiger partial charge in [-0.25, -0.2) is 0 Å². The van der Waals surface area contributed by atoms with E-state index in [4.69, 9.17) is 10.5 Å². The molecule has 88 valence electrons. The molecule has 0 aliphatic heterocycles. The second kappa shape index (κ2) is 6.00. The molecule has 0 heterocycles. The number of amides is 1. The number of rotatable bonds is 5. The highest BCUT2D eigenvalue weighted by atomic mass is 16.5. The first-order valence-electron chi connectivity index (χ1n) is 5.49. The van der Waals surface area contributed by atoms with Crippen LogP contribution in [0.4, 0.5) is 5.69 Å². The lowest BCUT2D eigenvalue weighted by Gasteiger charge is -2.09. The highest BCUT2D eigenvalue weighted by molar-refractivity contribution is 5.95. The quantitative estimate of drug-likeness (QED) is 0.747. The van der Waals surface area contributed by atoms with Crippen LogP contribution in [0.1, 0.15) is 30.6 Å². The molecule has 16 heavy (non-hydrogen) atoms. The topological polar surface area (TPSA) is 64.3 Å². The Morgan fingerprint density at radius 1 is 1.44 bits per heavy atom. The van der Waals surface area contributed by atoms with Crippen molar-refractivity contribution >= 4 is 11.6 Å². The van der Waals surface area contributed by atoms with Crippen LogP contribution in [0.2, 0.25) is 0 Å². The summed E-state index contributed by atoms with van der Waals surface area (Å²) >= 11 is 0. The van der Waals surface area contributed by atoms with E-state index in [9.17, 15) is 4.79 Å². The van der Waals surface area contributed by atoms with Crippen LogP contribution in [0.3, 0.4) is 0 Å². The number of benzene rings is 1. The van der Waals surface area contributed by atoms with Gasteiger partial charge in [0, 0.05) is 12.1 Å². The second-order valence-electron chi connectivity index (χ2n) is 3.46. The maximum atomic E-state index is 11.6. The van der Waals surface area contributed by atoms with E-state index in [2.05, 4.69) is 5.32 Å². The number of nitrogen functional groups attached to an aromatic ring is 1. The molecule has 0 aromatic heterocycles. The van der Waals surface area contributed by atoms with Gasteiger partial charge in [-0.05, 0) is 31.5 Å². The molecule has 1 aromatic rings. The van der Waals surface area contributed by atoms with Crippen molar-refractivity contribution in [2.75, 3.05) is 18.9 Å². The Balaban J connectivity index is 2.84. The van der Waals surface area contributed by atoms with Crippen molar-refractivity contribution in [2.45, 2.75) is 20.3 Å². The van der Waals surface area contributed by atoms with Crippen molar-refractivity contribution in [1.82, 2.24) is 5.32 Å². The average Bonchev–Trinajstić information content (AvgIpc) is 2.28. The summed E-state index contributed by atoms with van der Waals surface area (Å²) in [5.74, 6) is 0.467. The summed E-state index contributed by atoms with van der Waals surface area (Å²) in [6.07, 6.45) is 0.908. The average molecular weight is 222 g/mol. The Morgan fingerprint density at radius 2 is 2.19 bits per heavy atom. The Hall–Kier alpha value is -1.71. The molecular weight excluding hydrogens is 204 g/mol. The summed E-state index contributed by atoms with van der Waals surface area (Å²) in [6, 6.07) is 5.06. The fraction of sp³-hybridized carbons (Fsp3) is 0.417. The van der Waals surface area contributed by atoms with Crippen LogP contribution in [-0.4, -0.2) is 19.1 Å². The molecule has 1 aromatic carbocycles.